The van der Waals surface area contributed by atoms with Crippen molar-refractivity contribution in [1.82, 2.24) is 4.98 Å². The van der Waals surface area contributed by atoms with E-state index in [1.165, 1.54) is 26.0 Å². The molecule has 0 aliphatic rings. The lowest BCUT2D eigenvalue weighted by molar-refractivity contribution is 0.0501. The quantitative estimate of drug-likeness (QED) is 0.703. The number of nitrogens with zero attached hydrogens (tertiary/aromatic N) is 1. The summed E-state index contributed by atoms with van der Waals surface area (Å²) in [6.07, 6.45) is 0. The van der Waals surface area contributed by atoms with Gasteiger partial charge in [0, 0.05) is 12.1 Å². The molecule has 2 rings (SSSR count). The van der Waals surface area contributed by atoms with E-state index in [0.29, 0.717) is 11.1 Å². The number of fused-ring (bicyclic) bond motifs is 1. The normalized spacial score (nSPS) is 12.3. The monoisotopic (exact) mass is 210 g/mol. The molecule has 0 amide bonds. The van der Waals surface area contributed by atoms with E-state index in [2.05, 4.69) is 4.98 Å². The van der Waals surface area contributed by atoms with Crippen LogP contribution >= 0.6 is 0 Å². The van der Waals surface area contributed by atoms with E-state index in [0.717, 1.165) is 0 Å². The zero-order valence-corrected chi connectivity index (χ0v) is 8.41. The summed E-state index contributed by atoms with van der Waals surface area (Å²) in [5, 5.41) is 9.65. The number of aliphatic hydroxyl groups is 1. The molecule has 0 saturated heterocycles. The SMILES string of the molecule is CC(C)(O)c1nc2cc(F)c(N)cc2o1. The largest absolute Gasteiger partial charge is 0.437 e. The van der Waals surface area contributed by atoms with Gasteiger partial charge in [-0.25, -0.2) is 9.37 Å². The van der Waals surface area contributed by atoms with E-state index in [1.54, 1.807) is 0 Å². The number of benzene rings is 1. The van der Waals surface area contributed by atoms with Crippen LogP contribution < -0.4 is 5.73 Å². The predicted octanol–water partition coefficient (Wildman–Crippen LogP) is 1.78. The fourth-order valence-corrected chi connectivity index (χ4v) is 1.23. The maximum Gasteiger partial charge on any atom is 0.226 e. The van der Waals surface area contributed by atoms with E-state index in [1.807, 2.05) is 0 Å². The van der Waals surface area contributed by atoms with Gasteiger partial charge < -0.3 is 15.3 Å². The van der Waals surface area contributed by atoms with Gasteiger partial charge in [0.2, 0.25) is 5.89 Å². The first-order valence-electron chi connectivity index (χ1n) is 4.46. The summed E-state index contributed by atoms with van der Waals surface area (Å²) in [6, 6.07) is 2.54. The summed E-state index contributed by atoms with van der Waals surface area (Å²) in [4.78, 5) is 3.97. The van der Waals surface area contributed by atoms with Crippen molar-refractivity contribution in [3.05, 3.63) is 23.8 Å². The van der Waals surface area contributed by atoms with Crippen molar-refractivity contribution in [1.29, 1.82) is 0 Å². The highest BCUT2D eigenvalue weighted by Gasteiger charge is 2.23. The van der Waals surface area contributed by atoms with E-state index in [4.69, 9.17) is 10.2 Å². The van der Waals surface area contributed by atoms with Crippen LogP contribution in [0.4, 0.5) is 10.1 Å². The highest BCUT2D eigenvalue weighted by Crippen LogP contribution is 2.26. The molecule has 1 aromatic heterocycles. The maximum atomic E-state index is 13.1. The Balaban J connectivity index is 2.66. The molecule has 15 heavy (non-hydrogen) atoms. The molecule has 1 aromatic carbocycles. The molecule has 0 bridgehead atoms. The Morgan fingerprint density at radius 3 is 2.73 bits per heavy atom. The molecule has 0 saturated carbocycles. The van der Waals surface area contributed by atoms with Gasteiger partial charge >= 0.3 is 0 Å². The van der Waals surface area contributed by atoms with Gasteiger partial charge in [0.05, 0.1) is 5.69 Å². The highest BCUT2D eigenvalue weighted by atomic mass is 19.1. The predicted molar refractivity (Wildman–Crippen MR) is 53.6 cm³/mol. The number of oxazole rings is 1. The van der Waals surface area contributed by atoms with Gasteiger partial charge in [-0.3, -0.25) is 0 Å². The van der Waals surface area contributed by atoms with Gasteiger partial charge in [-0.1, -0.05) is 0 Å². The Morgan fingerprint density at radius 1 is 1.47 bits per heavy atom. The Morgan fingerprint density at radius 2 is 2.13 bits per heavy atom. The fraction of sp³-hybridized carbons (Fsp3) is 0.300. The lowest BCUT2D eigenvalue weighted by Gasteiger charge is -2.10. The second-order valence-electron chi connectivity index (χ2n) is 3.92. The molecule has 0 spiro atoms. The van der Waals surface area contributed by atoms with Crippen molar-refractivity contribution in [2.75, 3.05) is 5.73 Å². The number of hydrogen-bond acceptors (Lipinski definition) is 4. The molecular weight excluding hydrogens is 199 g/mol. The third-order valence-electron chi connectivity index (χ3n) is 2.03. The van der Waals surface area contributed by atoms with Gasteiger partial charge in [0.15, 0.2) is 5.58 Å². The number of nitrogen functional groups attached to an aromatic ring is 1. The number of rotatable bonds is 1. The van der Waals surface area contributed by atoms with Crippen molar-refractivity contribution in [3.63, 3.8) is 0 Å². The molecule has 0 atom stereocenters. The van der Waals surface area contributed by atoms with Crippen molar-refractivity contribution >= 4 is 16.8 Å². The van der Waals surface area contributed by atoms with Crippen LogP contribution in [0.25, 0.3) is 11.1 Å². The highest BCUT2D eigenvalue weighted by molar-refractivity contribution is 5.77. The minimum Gasteiger partial charge on any atom is -0.437 e. The molecule has 1 heterocycles. The van der Waals surface area contributed by atoms with Gasteiger partial charge in [0.25, 0.3) is 0 Å². The zero-order valence-electron chi connectivity index (χ0n) is 8.41. The van der Waals surface area contributed by atoms with Crippen LogP contribution in [0.15, 0.2) is 16.5 Å². The Bertz CT molecular complexity index is 475. The molecule has 5 heteroatoms. The molecular formula is C10H11FN2O2. The van der Waals surface area contributed by atoms with Crippen molar-refractivity contribution in [2.24, 2.45) is 0 Å². The average molecular weight is 210 g/mol. The minimum absolute atomic E-state index is 0.000876. The van der Waals surface area contributed by atoms with E-state index in [-0.39, 0.29) is 11.6 Å². The minimum atomic E-state index is -1.19. The van der Waals surface area contributed by atoms with E-state index >= 15 is 0 Å². The van der Waals surface area contributed by atoms with E-state index < -0.39 is 11.4 Å². The third kappa shape index (κ3) is 1.66. The van der Waals surface area contributed by atoms with Crippen LogP contribution in [-0.4, -0.2) is 10.1 Å². The second kappa shape index (κ2) is 2.93. The van der Waals surface area contributed by atoms with Crippen molar-refractivity contribution < 1.29 is 13.9 Å². The fourth-order valence-electron chi connectivity index (χ4n) is 1.23. The van der Waals surface area contributed by atoms with Crippen LogP contribution in [0.1, 0.15) is 19.7 Å². The first-order chi connectivity index (χ1) is 6.88. The molecule has 2 aromatic rings. The van der Waals surface area contributed by atoms with Crippen molar-refractivity contribution in [3.8, 4) is 0 Å². The Hall–Kier alpha value is -1.62. The summed E-state index contributed by atoms with van der Waals surface area (Å²) in [6.45, 7) is 3.08. The van der Waals surface area contributed by atoms with Crippen LogP contribution in [-0.2, 0) is 5.60 Å². The summed E-state index contributed by atoms with van der Waals surface area (Å²) < 4.78 is 18.3. The second-order valence-corrected chi connectivity index (χ2v) is 3.92. The number of aromatic nitrogens is 1. The smallest absolute Gasteiger partial charge is 0.226 e. The molecule has 80 valence electrons. The number of nitrogens with two attached hydrogens (primary N) is 1. The Labute approximate surface area is 85.5 Å². The topological polar surface area (TPSA) is 72.3 Å². The Kier molecular flexibility index (Phi) is 1.94. The maximum absolute atomic E-state index is 13.1. The van der Waals surface area contributed by atoms with Crippen molar-refractivity contribution in [2.45, 2.75) is 19.4 Å². The van der Waals surface area contributed by atoms with Gasteiger partial charge in [-0.2, -0.15) is 0 Å². The summed E-state index contributed by atoms with van der Waals surface area (Å²) in [5.41, 5.74) is 4.90. The average Bonchev–Trinajstić information content (AvgIpc) is 2.47. The molecule has 0 radical (unpaired) electrons. The third-order valence-corrected chi connectivity index (χ3v) is 2.03. The van der Waals surface area contributed by atoms with Crippen LogP contribution in [0.3, 0.4) is 0 Å². The summed E-state index contributed by atoms with van der Waals surface area (Å²) in [5.74, 6) is -0.402. The molecule has 3 N–H and O–H groups in total. The first kappa shape index (κ1) is 9.92. The van der Waals surface area contributed by atoms with Gasteiger partial charge in [-0.05, 0) is 13.8 Å². The lowest BCUT2D eigenvalue weighted by Crippen LogP contribution is -2.15. The van der Waals surface area contributed by atoms with Gasteiger partial charge in [0.1, 0.15) is 16.9 Å². The lowest BCUT2D eigenvalue weighted by atomic mass is 10.1. The number of hydrogen-bond donors (Lipinski definition) is 2. The van der Waals surface area contributed by atoms with E-state index in [9.17, 15) is 9.50 Å². The summed E-state index contributed by atoms with van der Waals surface area (Å²) >= 11 is 0. The summed E-state index contributed by atoms with van der Waals surface area (Å²) in [7, 11) is 0. The molecule has 0 aliphatic heterocycles. The van der Waals surface area contributed by atoms with Crippen LogP contribution in [0.2, 0.25) is 0 Å². The first-order valence-corrected chi connectivity index (χ1v) is 4.46. The van der Waals surface area contributed by atoms with Gasteiger partial charge in [-0.15, -0.1) is 0 Å². The molecule has 0 fully saturated rings. The standard InChI is InChI=1S/C10H11FN2O2/c1-10(2,14)9-13-7-3-5(11)6(12)4-8(7)15-9/h3-4,14H,12H2,1-2H3. The van der Waals surface area contributed by atoms with Crippen LogP contribution in [0, 0.1) is 5.82 Å². The number of anilines is 1. The van der Waals surface area contributed by atoms with Crippen LogP contribution in [0.5, 0.6) is 0 Å². The molecule has 0 aliphatic carbocycles. The molecule has 4 nitrogen and oxygen atoms in total. The number of halogens is 1. The molecule has 0 unspecified atom stereocenters. The zero-order chi connectivity index (χ0) is 11.2.